The molecule has 0 radical (unpaired) electrons. The van der Waals surface area contributed by atoms with Gasteiger partial charge in [0.1, 0.15) is 11.6 Å². The Morgan fingerprint density at radius 3 is 2.56 bits per heavy atom. The Bertz CT molecular complexity index is 252. The number of hydrogen-bond acceptors (Lipinski definition) is 4. The highest BCUT2D eigenvalue weighted by Gasteiger charge is 2.39. The summed E-state index contributed by atoms with van der Waals surface area (Å²) in [5, 5.41) is 3.29. The van der Waals surface area contributed by atoms with Gasteiger partial charge in [-0.2, -0.15) is 0 Å². The monoisotopic (exact) mass is 228 g/mol. The number of esters is 1. The van der Waals surface area contributed by atoms with Crippen LogP contribution in [0.5, 0.6) is 0 Å². The Morgan fingerprint density at radius 1 is 1.50 bits per heavy atom. The lowest BCUT2D eigenvalue weighted by Crippen LogP contribution is -2.54. The maximum atomic E-state index is 11.9. The van der Waals surface area contributed by atoms with Gasteiger partial charge >= 0.3 is 5.97 Å². The van der Waals surface area contributed by atoms with Crippen LogP contribution in [-0.4, -0.2) is 30.7 Å². The van der Waals surface area contributed by atoms with Gasteiger partial charge in [-0.25, -0.2) is 0 Å². The minimum absolute atomic E-state index is 0.180. The molecular formula is C12H24N2O2. The number of hydrogen-bond donors (Lipinski definition) is 2. The molecule has 1 aliphatic rings. The molecule has 1 rings (SSSR count). The lowest BCUT2D eigenvalue weighted by molar-refractivity contribution is -0.160. The van der Waals surface area contributed by atoms with Crippen LogP contribution in [0, 0.1) is 5.41 Å². The Hall–Kier alpha value is -0.610. The van der Waals surface area contributed by atoms with E-state index < -0.39 is 11.6 Å². The van der Waals surface area contributed by atoms with Crippen LogP contribution in [0.25, 0.3) is 0 Å². The summed E-state index contributed by atoms with van der Waals surface area (Å²) in [6.07, 6.45) is 2.04. The fraction of sp³-hybridized carbons (Fsp3) is 0.917. The number of piperidine rings is 1. The van der Waals surface area contributed by atoms with Gasteiger partial charge in [-0.1, -0.05) is 6.92 Å². The van der Waals surface area contributed by atoms with E-state index in [2.05, 4.69) is 5.32 Å². The number of rotatable bonds is 2. The van der Waals surface area contributed by atoms with Gasteiger partial charge in [0.05, 0.1) is 0 Å². The number of nitrogens with one attached hydrogen (secondary N) is 1. The average Bonchev–Trinajstić information content (AvgIpc) is 2.15. The Balaban J connectivity index is 2.61. The summed E-state index contributed by atoms with van der Waals surface area (Å²) in [4.78, 5) is 11.9. The average molecular weight is 228 g/mol. The van der Waals surface area contributed by atoms with Gasteiger partial charge in [0.25, 0.3) is 0 Å². The van der Waals surface area contributed by atoms with Crippen LogP contribution in [-0.2, 0) is 9.53 Å². The molecule has 1 aliphatic heterocycles. The third kappa shape index (κ3) is 3.46. The fourth-order valence-corrected chi connectivity index (χ4v) is 1.99. The van der Waals surface area contributed by atoms with Crippen LogP contribution in [0.3, 0.4) is 0 Å². The number of carbonyl (C=O) groups is 1. The van der Waals surface area contributed by atoms with Crippen molar-refractivity contribution in [2.45, 2.75) is 52.2 Å². The molecule has 94 valence electrons. The first-order chi connectivity index (χ1) is 7.25. The third-order valence-corrected chi connectivity index (χ3v) is 3.04. The molecule has 0 aromatic rings. The molecular weight excluding hydrogens is 204 g/mol. The van der Waals surface area contributed by atoms with Crippen molar-refractivity contribution in [2.24, 2.45) is 11.1 Å². The third-order valence-electron chi connectivity index (χ3n) is 3.04. The van der Waals surface area contributed by atoms with E-state index in [0.717, 1.165) is 25.9 Å². The van der Waals surface area contributed by atoms with E-state index in [1.54, 1.807) is 0 Å². The van der Waals surface area contributed by atoms with E-state index in [4.69, 9.17) is 10.5 Å². The highest BCUT2D eigenvalue weighted by atomic mass is 16.6. The quantitative estimate of drug-likeness (QED) is 0.693. The summed E-state index contributed by atoms with van der Waals surface area (Å²) in [7, 11) is 0. The molecule has 0 spiro atoms. The zero-order valence-electron chi connectivity index (χ0n) is 10.8. The summed E-state index contributed by atoms with van der Waals surface area (Å²) < 4.78 is 5.33. The molecule has 1 saturated heterocycles. The van der Waals surface area contributed by atoms with Gasteiger partial charge in [0.2, 0.25) is 0 Å². The van der Waals surface area contributed by atoms with E-state index >= 15 is 0 Å². The molecule has 0 saturated carbocycles. The first-order valence-electron chi connectivity index (χ1n) is 5.94. The van der Waals surface area contributed by atoms with Crippen molar-refractivity contribution in [1.29, 1.82) is 0 Å². The van der Waals surface area contributed by atoms with Crippen LogP contribution in [0.2, 0.25) is 0 Å². The van der Waals surface area contributed by atoms with Crippen LogP contribution in [0.1, 0.15) is 40.5 Å². The summed E-state index contributed by atoms with van der Waals surface area (Å²) in [5.41, 5.74) is 5.37. The van der Waals surface area contributed by atoms with Crippen LogP contribution < -0.4 is 11.1 Å². The minimum atomic E-state index is -0.542. The molecule has 0 bridgehead atoms. The van der Waals surface area contributed by atoms with Crippen molar-refractivity contribution in [1.82, 2.24) is 5.32 Å². The van der Waals surface area contributed by atoms with Crippen molar-refractivity contribution in [2.75, 3.05) is 13.1 Å². The molecule has 3 N–H and O–H groups in total. The Morgan fingerprint density at radius 2 is 2.12 bits per heavy atom. The maximum Gasteiger partial charge on any atom is 0.324 e. The first kappa shape index (κ1) is 13.5. The first-order valence-corrected chi connectivity index (χ1v) is 5.94. The normalized spacial score (nSPS) is 28.6. The van der Waals surface area contributed by atoms with Crippen molar-refractivity contribution in [3.63, 3.8) is 0 Å². The second-order valence-corrected chi connectivity index (χ2v) is 5.95. The molecule has 4 nitrogen and oxygen atoms in total. The zero-order valence-corrected chi connectivity index (χ0v) is 10.8. The molecule has 0 amide bonds. The predicted molar refractivity (Wildman–Crippen MR) is 64.0 cm³/mol. The molecule has 16 heavy (non-hydrogen) atoms. The van der Waals surface area contributed by atoms with Crippen LogP contribution in [0.4, 0.5) is 0 Å². The summed E-state index contributed by atoms with van der Waals surface area (Å²) in [5.74, 6) is -0.293. The van der Waals surface area contributed by atoms with Crippen LogP contribution >= 0.6 is 0 Å². The predicted octanol–water partition coefficient (Wildman–Crippen LogP) is 1.05. The fourth-order valence-electron chi connectivity index (χ4n) is 1.99. The van der Waals surface area contributed by atoms with Crippen molar-refractivity contribution in [3.8, 4) is 0 Å². The second kappa shape index (κ2) is 4.72. The molecule has 0 aliphatic carbocycles. The molecule has 4 heteroatoms. The summed E-state index contributed by atoms with van der Waals surface area (Å²) in [6, 6.07) is -0.542. The molecule has 1 fully saturated rings. The lowest BCUT2D eigenvalue weighted by Gasteiger charge is -2.38. The largest absolute Gasteiger partial charge is 0.459 e. The van der Waals surface area contributed by atoms with Gasteiger partial charge in [-0.15, -0.1) is 0 Å². The number of carbonyl (C=O) groups excluding carboxylic acids is 1. The topological polar surface area (TPSA) is 64.3 Å². The summed E-state index contributed by atoms with van der Waals surface area (Å²) >= 11 is 0. The smallest absolute Gasteiger partial charge is 0.324 e. The highest BCUT2D eigenvalue weighted by Crippen LogP contribution is 2.29. The minimum Gasteiger partial charge on any atom is -0.459 e. The van der Waals surface area contributed by atoms with E-state index in [-0.39, 0.29) is 11.4 Å². The van der Waals surface area contributed by atoms with Gasteiger partial charge in [0.15, 0.2) is 0 Å². The van der Waals surface area contributed by atoms with Crippen molar-refractivity contribution < 1.29 is 9.53 Å². The number of ether oxygens (including phenoxy) is 1. The Labute approximate surface area is 97.9 Å². The number of nitrogens with two attached hydrogens (primary N) is 1. The van der Waals surface area contributed by atoms with Crippen LogP contribution in [0.15, 0.2) is 0 Å². The van der Waals surface area contributed by atoms with Gasteiger partial charge in [0, 0.05) is 12.0 Å². The molecule has 2 unspecified atom stereocenters. The SMILES string of the molecule is CC(C)(C)OC(=O)C(N)C1(C)CCCNC1. The van der Waals surface area contributed by atoms with Gasteiger partial charge in [-0.3, -0.25) is 4.79 Å². The lowest BCUT2D eigenvalue weighted by atomic mass is 9.76. The second-order valence-electron chi connectivity index (χ2n) is 5.95. The molecule has 0 aromatic carbocycles. The van der Waals surface area contributed by atoms with Gasteiger partial charge < -0.3 is 15.8 Å². The van der Waals surface area contributed by atoms with E-state index in [1.807, 2.05) is 27.7 Å². The van der Waals surface area contributed by atoms with E-state index in [9.17, 15) is 4.79 Å². The van der Waals surface area contributed by atoms with Crippen molar-refractivity contribution >= 4 is 5.97 Å². The van der Waals surface area contributed by atoms with Crippen molar-refractivity contribution in [3.05, 3.63) is 0 Å². The maximum absolute atomic E-state index is 11.9. The highest BCUT2D eigenvalue weighted by molar-refractivity contribution is 5.77. The van der Waals surface area contributed by atoms with Gasteiger partial charge in [-0.05, 0) is 40.2 Å². The Kier molecular flexibility index (Phi) is 3.97. The van der Waals surface area contributed by atoms with E-state index in [0.29, 0.717) is 0 Å². The molecule has 1 heterocycles. The standard InChI is InChI=1S/C12H24N2O2/c1-11(2,3)16-10(15)9(13)12(4)6-5-7-14-8-12/h9,14H,5-8,13H2,1-4H3. The molecule has 2 atom stereocenters. The summed E-state index contributed by atoms with van der Waals surface area (Å²) in [6.45, 7) is 9.43. The van der Waals surface area contributed by atoms with E-state index in [1.165, 1.54) is 0 Å². The zero-order chi connectivity index (χ0) is 12.4. The molecule has 0 aromatic heterocycles.